The number of hydrogen-bond donors (Lipinski definition) is 2. The van der Waals surface area contributed by atoms with E-state index in [1.165, 1.54) is 0 Å². The molecular weight excluding hydrogens is 275 g/mol. The predicted molar refractivity (Wildman–Crippen MR) is 73.8 cm³/mol. The molecule has 3 heterocycles. The van der Waals surface area contributed by atoms with E-state index in [9.17, 15) is 14.0 Å². The van der Waals surface area contributed by atoms with Gasteiger partial charge in [0.25, 0.3) is 5.91 Å². The lowest BCUT2D eigenvalue weighted by atomic mass is 9.85. The molecule has 2 amide bonds. The summed E-state index contributed by atoms with van der Waals surface area (Å²) in [5, 5.41) is 2.96. The zero-order valence-corrected chi connectivity index (χ0v) is 11.5. The maximum atomic E-state index is 13.3. The Kier molecular flexibility index (Phi) is 3.48. The number of carbonyl (C=O) groups excluding carboxylic acids is 2. The van der Waals surface area contributed by atoms with Gasteiger partial charge in [0.2, 0.25) is 5.91 Å². The second kappa shape index (κ2) is 5.31. The average Bonchev–Trinajstić information content (AvgIpc) is 2.48. The predicted octanol–water partition coefficient (Wildman–Crippen LogP) is 0.544. The van der Waals surface area contributed by atoms with Gasteiger partial charge in [-0.05, 0) is 24.8 Å². The van der Waals surface area contributed by atoms with Crippen molar-refractivity contribution in [2.24, 2.45) is 5.92 Å². The molecule has 2 saturated heterocycles. The van der Waals surface area contributed by atoms with Crippen molar-refractivity contribution in [1.29, 1.82) is 0 Å². The van der Waals surface area contributed by atoms with Gasteiger partial charge in [0.1, 0.15) is 11.6 Å². The molecule has 6 nitrogen and oxygen atoms in total. The Hall–Kier alpha value is -2.18. The number of nitrogen functional groups attached to an aromatic ring is 1. The first kappa shape index (κ1) is 13.8. The third-order valence-corrected chi connectivity index (χ3v) is 4.23. The van der Waals surface area contributed by atoms with E-state index in [0.717, 1.165) is 18.7 Å². The molecule has 7 heteroatoms. The molecule has 112 valence electrons. The summed E-state index contributed by atoms with van der Waals surface area (Å²) in [6, 6.07) is 1.26. The second-order valence-electron chi connectivity index (χ2n) is 5.60. The van der Waals surface area contributed by atoms with Gasteiger partial charge < -0.3 is 16.0 Å². The monoisotopic (exact) mass is 292 g/mol. The molecule has 0 aliphatic carbocycles. The SMILES string of the molecule is Nc1ncc(F)cc1C(=O)N1CCC2NC(=O)CCC2C1. The van der Waals surface area contributed by atoms with Gasteiger partial charge in [0.05, 0.1) is 11.8 Å². The van der Waals surface area contributed by atoms with Gasteiger partial charge in [-0.15, -0.1) is 0 Å². The lowest BCUT2D eigenvalue weighted by molar-refractivity contribution is -0.125. The summed E-state index contributed by atoms with van der Waals surface area (Å²) in [4.78, 5) is 29.2. The molecule has 0 aromatic carbocycles. The van der Waals surface area contributed by atoms with E-state index < -0.39 is 5.82 Å². The summed E-state index contributed by atoms with van der Waals surface area (Å²) < 4.78 is 13.3. The highest BCUT2D eigenvalue weighted by Crippen LogP contribution is 2.26. The van der Waals surface area contributed by atoms with Crippen LogP contribution in [-0.4, -0.2) is 40.8 Å². The van der Waals surface area contributed by atoms with Crippen LogP contribution in [0.5, 0.6) is 0 Å². The van der Waals surface area contributed by atoms with Gasteiger partial charge in [-0.1, -0.05) is 0 Å². The zero-order chi connectivity index (χ0) is 15.0. The molecule has 1 aromatic heterocycles. The van der Waals surface area contributed by atoms with E-state index in [0.29, 0.717) is 25.9 Å². The quantitative estimate of drug-likeness (QED) is 0.791. The molecular formula is C14H17FN4O2. The van der Waals surface area contributed by atoms with Crippen molar-refractivity contribution < 1.29 is 14.0 Å². The normalized spacial score (nSPS) is 25.2. The van der Waals surface area contributed by atoms with Gasteiger partial charge in [-0.25, -0.2) is 9.37 Å². The Morgan fingerprint density at radius 3 is 3.10 bits per heavy atom. The molecule has 0 bridgehead atoms. The van der Waals surface area contributed by atoms with Crippen molar-refractivity contribution in [2.45, 2.75) is 25.3 Å². The standard InChI is InChI=1S/C14H17FN4O2/c15-9-5-10(13(16)17-6-9)14(21)19-4-3-11-8(7-19)1-2-12(20)18-11/h5-6,8,11H,1-4,7H2,(H2,16,17)(H,18,20). The number of pyridine rings is 1. The van der Waals surface area contributed by atoms with Crippen LogP contribution in [0.15, 0.2) is 12.3 Å². The number of rotatable bonds is 1. The number of nitrogens with two attached hydrogens (primary N) is 1. The van der Waals surface area contributed by atoms with Crippen molar-refractivity contribution >= 4 is 17.6 Å². The number of carbonyl (C=O) groups is 2. The summed E-state index contributed by atoms with van der Waals surface area (Å²) >= 11 is 0. The first-order valence-corrected chi connectivity index (χ1v) is 7.04. The van der Waals surface area contributed by atoms with E-state index in [1.807, 2.05) is 0 Å². The highest BCUT2D eigenvalue weighted by molar-refractivity contribution is 5.98. The molecule has 2 atom stereocenters. The van der Waals surface area contributed by atoms with Gasteiger partial charge in [0.15, 0.2) is 0 Å². The molecule has 2 unspecified atom stereocenters. The van der Waals surface area contributed by atoms with E-state index in [-0.39, 0.29) is 35.2 Å². The molecule has 0 spiro atoms. The van der Waals surface area contributed by atoms with Crippen molar-refractivity contribution in [2.75, 3.05) is 18.8 Å². The third-order valence-electron chi connectivity index (χ3n) is 4.23. The summed E-state index contributed by atoms with van der Waals surface area (Å²) in [5.74, 6) is -0.500. The number of aromatic nitrogens is 1. The Labute approximate surface area is 121 Å². The van der Waals surface area contributed by atoms with E-state index >= 15 is 0 Å². The van der Waals surface area contributed by atoms with Crippen LogP contribution in [0.1, 0.15) is 29.6 Å². The zero-order valence-electron chi connectivity index (χ0n) is 11.5. The molecule has 0 radical (unpaired) electrons. The van der Waals surface area contributed by atoms with Crippen LogP contribution >= 0.6 is 0 Å². The first-order valence-electron chi connectivity index (χ1n) is 7.04. The molecule has 2 aliphatic heterocycles. The van der Waals surface area contributed by atoms with Gasteiger partial charge in [-0.2, -0.15) is 0 Å². The van der Waals surface area contributed by atoms with Crippen LogP contribution < -0.4 is 11.1 Å². The molecule has 3 rings (SSSR count). The van der Waals surface area contributed by atoms with E-state index in [2.05, 4.69) is 10.3 Å². The second-order valence-corrected chi connectivity index (χ2v) is 5.60. The number of nitrogens with zero attached hydrogens (tertiary/aromatic N) is 2. The lowest BCUT2D eigenvalue weighted by Gasteiger charge is -2.41. The minimum absolute atomic E-state index is 0.0421. The fourth-order valence-electron chi connectivity index (χ4n) is 3.09. The number of amides is 2. The maximum Gasteiger partial charge on any atom is 0.257 e. The van der Waals surface area contributed by atoms with Crippen LogP contribution in [0.25, 0.3) is 0 Å². The largest absolute Gasteiger partial charge is 0.383 e. The Morgan fingerprint density at radius 2 is 2.29 bits per heavy atom. The topological polar surface area (TPSA) is 88.3 Å². The van der Waals surface area contributed by atoms with Crippen LogP contribution in [0.2, 0.25) is 0 Å². The molecule has 1 aromatic rings. The molecule has 2 fully saturated rings. The first-order chi connectivity index (χ1) is 10.0. The fourth-order valence-corrected chi connectivity index (χ4v) is 3.09. The Morgan fingerprint density at radius 1 is 1.48 bits per heavy atom. The van der Waals surface area contributed by atoms with Gasteiger partial charge >= 0.3 is 0 Å². The number of fused-ring (bicyclic) bond motifs is 1. The van der Waals surface area contributed by atoms with Crippen molar-refractivity contribution in [1.82, 2.24) is 15.2 Å². The minimum Gasteiger partial charge on any atom is -0.383 e. The summed E-state index contributed by atoms with van der Waals surface area (Å²) in [6.45, 7) is 1.08. The minimum atomic E-state index is -0.577. The number of nitrogens with one attached hydrogen (secondary N) is 1. The van der Waals surface area contributed by atoms with Crippen molar-refractivity contribution in [3.8, 4) is 0 Å². The average molecular weight is 292 g/mol. The van der Waals surface area contributed by atoms with Crippen LogP contribution in [0, 0.1) is 11.7 Å². The number of likely N-dealkylation sites (tertiary alicyclic amines) is 1. The number of hydrogen-bond acceptors (Lipinski definition) is 4. The lowest BCUT2D eigenvalue weighted by Crippen LogP contribution is -2.55. The fraction of sp³-hybridized carbons (Fsp3) is 0.500. The summed E-state index contributed by atoms with van der Waals surface area (Å²) in [6.07, 6.45) is 2.98. The molecule has 2 aliphatic rings. The maximum absolute atomic E-state index is 13.3. The van der Waals surface area contributed by atoms with Crippen molar-refractivity contribution in [3.05, 3.63) is 23.6 Å². The van der Waals surface area contributed by atoms with Crippen LogP contribution in [0.4, 0.5) is 10.2 Å². The van der Waals surface area contributed by atoms with Crippen LogP contribution in [-0.2, 0) is 4.79 Å². The number of halogens is 1. The highest BCUT2D eigenvalue weighted by Gasteiger charge is 2.35. The number of anilines is 1. The smallest absolute Gasteiger partial charge is 0.257 e. The Balaban J connectivity index is 1.74. The molecule has 3 N–H and O–H groups in total. The number of piperidine rings is 2. The molecule has 21 heavy (non-hydrogen) atoms. The summed E-state index contributed by atoms with van der Waals surface area (Å²) in [7, 11) is 0. The van der Waals surface area contributed by atoms with Crippen LogP contribution in [0.3, 0.4) is 0 Å². The third kappa shape index (κ3) is 2.68. The molecule has 0 saturated carbocycles. The van der Waals surface area contributed by atoms with Gasteiger partial charge in [0, 0.05) is 25.6 Å². The Bertz CT molecular complexity index is 592. The highest BCUT2D eigenvalue weighted by atomic mass is 19.1. The van der Waals surface area contributed by atoms with E-state index in [4.69, 9.17) is 5.73 Å². The van der Waals surface area contributed by atoms with Gasteiger partial charge in [-0.3, -0.25) is 9.59 Å². The summed E-state index contributed by atoms with van der Waals surface area (Å²) in [5.41, 5.74) is 5.77. The van der Waals surface area contributed by atoms with E-state index in [1.54, 1.807) is 4.90 Å². The van der Waals surface area contributed by atoms with Crippen molar-refractivity contribution in [3.63, 3.8) is 0 Å².